The number of aliphatic carboxylic acids is 1. The van der Waals surface area contributed by atoms with Crippen molar-refractivity contribution in [3.8, 4) is 5.75 Å². The summed E-state index contributed by atoms with van der Waals surface area (Å²) in [4.78, 5) is 11.0. The average Bonchev–Trinajstić information content (AvgIpc) is 2.38. The van der Waals surface area contributed by atoms with Gasteiger partial charge in [-0.05, 0) is 34.5 Å². The summed E-state index contributed by atoms with van der Waals surface area (Å²) in [5, 5.41) is 11.0. The quantitative estimate of drug-likeness (QED) is 0.901. The number of carboxylic acids is 1. The van der Waals surface area contributed by atoms with Crippen LogP contribution in [0.4, 0.5) is 0 Å². The molecule has 2 aromatic rings. The Hall–Kier alpha value is -2.07. The molecular weight excluding hydrogens is 232 g/mol. The highest BCUT2D eigenvalue weighted by atomic mass is 16.5. The molecule has 0 fully saturated rings. The van der Waals surface area contributed by atoms with Crippen LogP contribution in [-0.4, -0.2) is 25.3 Å². The van der Waals surface area contributed by atoms with Gasteiger partial charge in [-0.3, -0.25) is 0 Å². The molecule has 0 aliphatic rings. The van der Waals surface area contributed by atoms with Gasteiger partial charge in [-0.15, -0.1) is 0 Å². The number of carboxylic acid groups (broad SMARTS) is 1. The molecule has 0 aliphatic carbocycles. The molecular formula is C14H14O4. The van der Waals surface area contributed by atoms with E-state index in [4.69, 9.17) is 14.6 Å². The minimum Gasteiger partial charge on any atom is -0.497 e. The predicted molar refractivity (Wildman–Crippen MR) is 67.9 cm³/mol. The molecule has 0 aromatic heterocycles. The minimum absolute atomic E-state index is 0.627. The number of methoxy groups -OCH3 is 2. The third-order valence-corrected chi connectivity index (χ3v) is 2.83. The smallest absolute Gasteiger partial charge is 0.337 e. The molecule has 2 rings (SSSR count). The number of benzene rings is 2. The van der Waals surface area contributed by atoms with Gasteiger partial charge in [-0.1, -0.05) is 18.2 Å². The third kappa shape index (κ3) is 2.28. The van der Waals surface area contributed by atoms with Gasteiger partial charge < -0.3 is 14.6 Å². The lowest BCUT2D eigenvalue weighted by atomic mass is 10.0. The van der Waals surface area contributed by atoms with Gasteiger partial charge in [0.1, 0.15) is 5.75 Å². The standard InChI is InChI=1S/C14H14O4/c1-17-12-6-5-9-7-11(4-3-10(9)8-12)13(18-2)14(15)16/h3-8,13H,1-2H3,(H,15,16)/t13-/m1/s1. The SMILES string of the molecule is COc1ccc2cc([C@@H](OC)C(=O)O)ccc2c1. The number of ether oxygens (including phenoxy) is 2. The van der Waals surface area contributed by atoms with Gasteiger partial charge in [0.05, 0.1) is 7.11 Å². The van der Waals surface area contributed by atoms with Crippen LogP contribution in [0.3, 0.4) is 0 Å². The zero-order valence-electron chi connectivity index (χ0n) is 10.2. The maximum atomic E-state index is 11.0. The van der Waals surface area contributed by atoms with Gasteiger partial charge >= 0.3 is 5.97 Å². The highest BCUT2D eigenvalue weighted by molar-refractivity contribution is 5.86. The lowest BCUT2D eigenvalue weighted by Gasteiger charge is -2.11. The van der Waals surface area contributed by atoms with Crippen LogP contribution < -0.4 is 4.74 Å². The Bertz CT molecular complexity index is 577. The second-order valence-corrected chi connectivity index (χ2v) is 3.93. The first-order chi connectivity index (χ1) is 8.65. The fourth-order valence-electron chi connectivity index (χ4n) is 1.91. The Balaban J connectivity index is 2.47. The summed E-state index contributed by atoms with van der Waals surface area (Å²) in [6, 6.07) is 11.1. The molecule has 2 aromatic carbocycles. The average molecular weight is 246 g/mol. The molecule has 0 aliphatic heterocycles. The molecule has 0 spiro atoms. The highest BCUT2D eigenvalue weighted by Crippen LogP contribution is 2.25. The van der Waals surface area contributed by atoms with Crippen LogP contribution in [-0.2, 0) is 9.53 Å². The lowest BCUT2D eigenvalue weighted by molar-refractivity contribution is -0.148. The van der Waals surface area contributed by atoms with Gasteiger partial charge in [0.25, 0.3) is 0 Å². The normalized spacial score (nSPS) is 12.3. The Morgan fingerprint density at radius 1 is 1.11 bits per heavy atom. The summed E-state index contributed by atoms with van der Waals surface area (Å²) in [6.07, 6.45) is -0.934. The molecule has 4 nitrogen and oxygen atoms in total. The molecule has 18 heavy (non-hydrogen) atoms. The van der Waals surface area contributed by atoms with E-state index in [1.807, 2.05) is 30.3 Å². The van der Waals surface area contributed by atoms with E-state index in [1.54, 1.807) is 13.2 Å². The van der Waals surface area contributed by atoms with Crippen molar-refractivity contribution in [2.75, 3.05) is 14.2 Å². The van der Waals surface area contributed by atoms with E-state index in [0.29, 0.717) is 5.56 Å². The van der Waals surface area contributed by atoms with Crippen molar-refractivity contribution >= 4 is 16.7 Å². The Labute approximate surface area is 105 Å². The number of hydrogen-bond acceptors (Lipinski definition) is 3. The van der Waals surface area contributed by atoms with Crippen molar-refractivity contribution < 1.29 is 19.4 Å². The van der Waals surface area contributed by atoms with Crippen LogP contribution in [0, 0.1) is 0 Å². The second kappa shape index (κ2) is 5.06. The van der Waals surface area contributed by atoms with Crippen molar-refractivity contribution in [3.05, 3.63) is 42.0 Å². The molecule has 0 radical (unpaired) electrons. The summed E-state index contributed by atoms with van der Waals surface area (Å²) in [5.74, 6) is -0.220. The molecule has 0 heterocycles. The van der Waals surface area contributed by atoms with Crippen LogP contribution >= 0.6 is 0 Å². The van der Waals surface area contributed by atoms with Crippen molar-refractivity contribution in [2.24, 2.45) is 0 Å². The topological polar surface area (TPSA) is 55.8 Å². The first-order valence-corrected chi connectivity index (χ1v) is 5.49. The van der Waals surface area contributed by atoms with Crippen LogP contribution in [0.25, 0.3) is 10.8 Å². The van der Waals surface area contributed by atoms with E-state index >= 15 is 0 Å². The van der Waals surface area contributed by atoms with Crippen molar-refractivity contribution in [3.63, 3.8) is 0 Å². The number of hydrogen-bond donors (Lipinski definition) is 1. The van der Waals surface area contributed by atoms with Crippen molar-refractivity contribution in [1.29, 1.82) is 0 Å². The summed E-state index contributed by atoms with van der Waals surface area (Å²) in [5.41, 5.74) is 0.627. The zero-order chi connectivity index (χ0) is 13.1. The third-order valence-electron chi connectivity index (χ3n) is 2.83. The van der Waals surface area contributed by atoms with E-state index in [2.05, 4.69) is 0 Å². The molecule has 0 saturated carbocycles. The van der Waals surface area contributed by atoms with E-state index in [0.717, 1.165) is 16.5 Å². The molecule has 4 heteroatoms. The fourth-order valence-corrected chi connectivity index (χ4v) is 1.91. The molecule has 1 atom stereocenters. The highest BCUT2D eigenvalue weighted by Gasteiger charge is 2.18. The second-order valence-electron chi connectivity index (χ2n) is 3.93. The van der Waals surface area contributed by atoms with Gasteiger partial charge in [0.2, 0.25) is 0 Å². The van der Waals surface area contributed by atoms with E-state index in [-0.39, 0.29) is 0 Å². The Morgan fingerprint density at radius 3 is 2.39 bits per heavy atom. The Kier molecular flexibility index (Phi) is 3.48. The van der Waals surface area contributed by atoms with Crippen LogP contribution in [0.15, 0.2) is 36.4 Å². The Morgan fingerprint density at radius 2 is 1.78 bits per heavy atom. The van der Waals surface area contributed by atoms with Crippen molar-refractivity contribution in [1.82, 2.24) is 0 Å². The first kappa shape index (κ1) is 12.4. The zero-order valence-corrected chi connectivity index (χ0v) is 10.2. The van der Waals surface area contributed by atoms with E-state index in [1.165, 1.54) is 7.11 Å². The summed E-state index contributed by atoms with van der Waals surface area (Å²) < 4.78 is 10.1. The largest absolute Gasteiger partial charge is 0.497 e. The van der Waals surface area contributed by atoms with E-state index < -0.39 is 12.1 Å². The van der Waals surface area contributed by atoms with Crippen molar-refractivity contribution in [2.45, 2.75) is 6.10 Å². The first-order valence-electron chi connectivity index (χ1n) is 5.49. The van der Waals surface area contributed by atoms with Gasteiger partial charge in [-0.25, -0.2) is 4.79 Å². The molecule has 94 valence electrons. The summed E-state index contributed by atoms with van der Waals surface area (Å²) in [7, 11) is 3.00. The monoisotopic (exact) mass is 246 g/mol. The minimum atomic E-state index is -0.995. The number of fused-ring (bicyclic) bond motifs is 1. The lowest BCUT2D eigenvalue weighted by Crippen LogP contribution is -2.13. The van der Waals surface area contributed by atoms with Gasteiger partial charge in [0, 0.05) is 7.11 Å². The number of carbonyl (C=O) groups is 1. The molecule has 0 bridgehead atoms. The molecule has 0 unspecified atom stereocenters. The predicted octanol–water partition coefficient (Wildman–Crippen LogP) is 2.62. The van der Waals surface area contributed by atoms with E-state index in [9.17, 15) is 4.79 Å². The van der Waals surface area contributed by atoms with Gasteiger partial charge in [0.15, 0.2) is 6.10 Å². The summed E-state index contributed by atoms with van der Waals surface area (Å²) >= 11 is 0. The molecule has 0 saturated heterocycles. The van der Waals surface area contributed by atoms with Crippen LogP contribution in [0.1, 0.15) is 11.7 Å². The summed E-state index contributed by atoms with van der Waals surface area (Å²) in [6.45, 7) is 0. The fraction of sp³-hybridized carbons (Fsp3) is 0.214. The maximum Gasteiger partial charge on any atom is 0.337 e. The molecule has 1 N–H and O–H groups in total. The van der Waals surface area contributed by atoms with Crippen LogP contribution in [0.5, 0.6) is 5.75 Å². The van der Waals surface area contributed by atoms with Gasteiger partial charge in [-0.2, -0.15) is 0 Å². The van der Waals surface area contributed by atoms with Crippen LogP contribution in [0.2, 0.25) is 0 Å². The maximum absolute atomic E-state index is 11.0. The molecule has 0 amide bonds. The number of rotatable bonds is 4.